The lowest BCUT2D eigenvalue weighted by molar-refractivity contribution is -0.0498. The SMILES string of the molecule is CCC(NCCO)c1ccc(OC(F)F)cc1. The number of alkyl halides is 2. The molecule has 0 spiro atoms. The molecule has 1 rings (SSSR count). The molecule has 1 unspecified atom stereocenters. The van der Waals surface area contributed by atoms with Crippen LogP contribution in [0.2, 0.25) is 0 Å². The van der Waals surface area contributed by atoms with Crippen molar-refractivity contribution >= 4 is 0 Å². The van der Waals surface area contributed by atoms with Gasteiger partial charge in [-0.05, 0) is 24.1 Å². The van der Waals surface area contributed by atoms with E-state index < -0.39 is 6.61 Å². The molecule has 0 bridgehead atoms. The number of aliphatic hydroxyl groups is 1. The maximum Gasteiger partial charge on any atom is 0.387 e. The molecule has 0 aromatic heterocycles. The van der Waals surface area contributed by atoms with Crippen molar-refractivity contribution in [2.45, 2.75) is 26.0 Å². The predicted octanol–water partition coefficient (Wildman–Crippen LogP) is 2.32. The number of rotatable bonds is 7. The van der Waals surface area contributed by atoms with Gasteiger partial charge in [-0.15, -0.1) is 0 Å². The topological polar surface area (TPSA) is 41.5 Å². The molecule has 0 amide bonds. The van der Waals surface area contributed by atoms with Gasteiger partial charge in [-0.3, -0.25) is 0 Å². The van der Waals surface area contributed by atoms with Crippen molar-refractivity contribution in [3.8, 4) is 5.75 Å². The minimum absolute atomic E-state index is 0.0725. The fraction of sp³-hybridized carbons (Fsp3) is 0.500. The molecule has 0 aliphatic carbocycles. The Morgan fingerprint density at radius 2 is 1.94 bits per heavy atom. The average Bonchev–Trinajstić information content (AvgIpc) is 2.31. The largest absolute Gasteiger partial charge is 0.435 e. The lowest BCUT2D eigenvalue weighted by Crippen LogP contribution is -2.23. The number of benzene rings is 1. The summed E-state index contributed by atoms with van der Waals surface area (Å²) in [5.74, 6) is 0.153. The highest BCUT2D eigenvalue weighted by Gasteiger charge is 2.09. The van der Waals surface area contributed by atoms with Gasteiger partial charge < -0.3 is 15.2 Å². The van der Waals surface area contributed by atoms with E-state index in [9.17, 15) is 8.78 Å². The maximum absolute atomic E-state index is 12.0. The summed E-state index contributed by atoms with van der Waals surface area (Å²) in [7, 11) is 0. The Labute approximate surface area is 99.4 Å². The second kappa shape index (κ2) is 7.19. The molecule has 0 heterocycles. The second-order valence-electron chi connectivity index (χ2n) is 3.59. The number of nitrogens with one attached hydrogen (secondary N) is 1. The molecule has 17 heavy (non-hydrogen) atoms. The summed E-state index contributed by atoms with van der Waals surface area (Å²) in [6.07, 6.45) is 0.856. The molecule has 0 radical (unpaired) electrons. The van der Waals surface area contributed by atoms with Crippen LogP contribution in [0.3, 0.4) is 0 Å². The normalized spacial score (nSPS) is 12.8. The van der Waals surface area contributed by atoms with Gasteiger partial charge in [-0.2, -0.15) is 8.78 Å². The van der Waals surface area contributed by atoms with E-state index >= 15 is 0 Å². The highest BCUT2D eigenvalue weighted by Crippen LogP contribution is 2.21. The first-order valence-electron chi connectivity index (χ1n) is 5.56. The maximum atomic E-state index is 12.0. The van der Waals surface area contributed by atoms with Crippen LogP contribution in [0.5, 0.6) is 5.75 Å². The Morgan fingerprint density at radius 1 is 1.29 bits per heavy atom. The lowest BCUT2D eigenvalue weighted by atomic mass is 10.0. The summed E-state index contributed by atoms with van der Waals surface area (Å²) in [5.41, 5.74) is 0.988. The average molecular weight is 245 g/mol. The van der Waals surface area contributed by atoms with Gasteiger partial charge in [-0.25, -0.2) is 0 Å². The van der Waals surface area contributed by atoms with Crippen molar-refractivity contribution < 1.29 is 18.6 Å². The highest BCUT2D eigenvalue weighted by atomic mass is 19.3. The van der Waals surface area contributed by atoms with Crippen molar-refractivity contribution in [3.63, 3.8) is 0 Å². The van der Waals surface area contributed by atoms with E-state index in [4.69, 9.17) is 5.11 Å². The van der Waals surface area contributed by atoms with Gasteiger partial charge in [0.05, 0.1) is 6.61 Å². The molecule has 0 fully saturated rings. The molecule has 0 aliphatic heterocycles. The van der Waals surface area contributed by atoms with Gasteiger partial charge >= 0.3 is 6.61 Å². The lowest BCUT2D eigenvalue weighted by Gasteiger charge is -2.17. The third-order valence-electron chi connectivity index (χ3n) is 2.42. The van der Waals surface area contributed by atoms with E-state index in [1.807, 2.05) is 6.92 Å². The van der Waals surface area contributed by atoms with E-state index in [2.05, 4.69) is 10.1 Å². The predicted molar refractivity (Wildman–Crippen MR) is 61.2 cm³/mol. The fourth-order valence-corrected chi connectivity index (χ4v) is 1.62. The molecule has 0 saturated carbocycles. The van der Waals surface area contributed by atoms with Gasteiger partial charge in [0.2, 0.25) is 0 Å². The van der Waals surface area contributed by atoms with Crippen molar-refractivity contribution in [1.82, 2.24) is 5.32 Å². The van der Waals surface area contributed by atoms with Crippen LogP contribution >= 0.6 is 0 Å². The highest BCUT2D eigenvalue weighted by molar-refractivity contribution is 5.29. The molecule has 96 valence electrons. The molecule has 0 saturated heterocycles. The Kier molecular flexibility index (Phi) is 5.86. The van der Waals surface area contributed by atoms with Gasteiger partial charge in [-0.1, -0.05) is 19.1 Å². The number of aliphatic hydroxyl groups excluding tert-OH is 1. The van der Waals surface area contributed by atoms with Crippen LogP contribution in [-0.2, 0) is 0 Å². The zero-order valence-corrected chi connectivity index (χ0v) is 9.70. The first kappa shape index (κ1) is 13.9. The summed E-state index contributed by atoms with van der Waals surface area (Å²) in [6.45, 7) is -0.203. The molecular formula is C12H17F2NO2. The first-order valence-corrected chi connectivity index (χ1v) is 5.56. The minimum atomic E-state index is -2.80. The van der Waals surface area contributed by atoms with Gasteiger partial charge in [0.1, 0.15) is 5.75 Å². The zero-order valence-electron chi connectivity index (χ0n) is 9.70. The number of halogens is 2. The van der Waals surface area contributed by atoms with Gasteiger partial charge in [0.15, 0.2) is 0 Å². The molecule has 3 nitrogen and oxygen atoms in total. The Bertz CT molecular complexity index is 317. The molecular weight excluding hydrogens is 228 g/mol. The molecule has 1 aromatic rings. The van der Waals surface area contributed by atoms with Crippen molar-refractivity contribution in [1.29, 1.82) is 0 Å². The van der Waals surface area contributed by atoms with Crippen LogP contribution in [-0.4, -0.2) is 24.9 Å². The molecule has 5 heteroatoms. The van der Waals surface area contributed by atoms with Crippen LogP contribution in [0, 0.1) is 0 Å². The van der Waals surface area contributed by atoms with Crippen LogP contribution in [0.1, 0.15) is 24.9 Å². The van der Waals surface area contributed by atoms with Crippen molar-refractivity contribution in [2.75, 3.05) is 13.2 Å². The second-order valence-corrected chi connectivity index (χ2v) is 3.59. The summed E-state index contributed by atoms with van der Waals surface area (Å²) < 4.78 is 28.2. The van der Waals surface area contributed by atoms with Crippen LogP contribution in [0.15, 0.2) is 24.3 Å². The van der Waals surface area contributed by atoms with Crippen molar-refractivity contribution in [3.05, 3.63) is 29.8 Å². The van der Waals surface area contributed by atoms with E-state index in [-0.39, 0.29) is 18.4 Å². The number of hydrogen-bond acceptors (Lipinski definition) is 3. The van der Waals surface area contributed by atoms with Crippen LogP contribution in [0.25, 0.3) is 0 Å². The first-order chi connectivity index (χ1) is 8.17. The molecule has 1 atom stereocenters. The molecule has 1 aromatic carbocycles. The Hall–Kier alpha value is -1.20. The number of hydrogen-bond donors (Lipinski definition) is 2. The standard InChI is InChI=1S/C12H17F2NO2/c1-2-11(15-7-8-16)9-3-5-10(6-4-9)17-12(13)14/h3-6,11-12,15-16H,2,7-8H2,1H3. The van der Waals surface area contributed by atoms with Crippen LogP contribution < -0.4 is 10.1 Å². The fourth-order valence-electron chi connectivity index (χ4n) is 1.62. The van der Waals surface area contributed by atoms with E-state index in [1.165, 1.54) is 12.1 Å². The summed E-state index contributed by atoms with van der Waals surface area (Å²) >= 11 is 0. The molecule has 2 N–H and O–H groups in total. The summed E-state index contributed by atoms with van der Waals surface area (Å²) in [4.78, 5) is 0. The summed E-state index contributed by atoms with van der Waals surface area (Å²) in [5, 5.41) is 11.9. The Morgan fingerprint density at radius 3 is 2.41 bits per heavy atom. The van der Waals surface area contributed by atoms with E-state index in [0.717, 1.165) is 12.0 Å². The minimum Gasteiger partial charge on any atom is -0.435 e. The monoisotopic (exact) mass is 245 g/mol. The third kappa shape index (κ3) is 4.66. The Balaban J connectivity index is 2.64. The van der Waals surface area contributed by atoms with Crippen LogP contribution in [0.4, 0.5) is 8.78 Å². The molecule has 0 aliphatic rings. The van der Waals surface area contributed by atoms with Gasteiger partial charge in [0, 0.05) is 12.6 Å². The zero-order chi connectivity index (χ0) is 12.7. The van der Waals surface area contributed by atoms with Gasteiger partial charge in [0.25, 0.3) is 0 Å². The number of ether oxygens (including phenoxy) is 1. The van der Waals surface area contributed by atoms with Crippen molar-refractivity contribution in [2.24, 2.45) is 0 Å². The smallest absolute Gasteiger partial charge is 0.387 e. The summed E-state index contributed by atoms with van der Waals surface area (Å²) in [6, 6.07) is 6.64. The third-order valence-corrected chi connectivity index (χ3v) is 2.42. The van der Waals surface area contributed by atoms with E-state index in [1.54, 1.807) is 12.1 Å². The van der Waals surface area contributed by atoms with E-state index in [0.29, 0.717) is 6.54 Å². The quantitative estimate of drug-likeness (QED) is 0.774.